The lowest BCUT2D eigenvalue weighted by molar-refractivity contribution is -0.122. The Kier molecular flexibility index (Phi) is 4.88. The second kappa shape index (κ2) is 7.50. The largest absolute Gasteiger partial charge is 0.339 e. The number of carbonyl (C=O) groups is 2. The van der Waals surface area contributed by atoms with Crippen molar-refractivity contribution in [3.8, 4) is 11.4 Å². The SMILES string of the molecule is Cc1ccc(C)c(NC(=O)[C@@H]2CC(=O)N(c3cccc(-c4noc(C)n4)c3)C2)c1. The number of nitrogens with one attached hydrogen (secondary N) is 1. The number of aromatic nitrogens is 2. The van der Waals surface area contributed by atoms with Crippen LogP contribution in [0.3, 0.4) is 0 Å². The van der Waals surface area contributed by atoms with Crippen molar-refractivity contribution in [2.75, 3.05) is 16.8 Å². The van der Waals surface area contributed by atoms with Crippen molar-refractivity contribution < 1.29 is 14.1 Å². The first-order valence-corrected chi connectivity index (χ1v) is 9.50. The van der Waals surface area contributed by atoms with E-state index in [0.29, 0.717) is 18.3 Å². The molecule has 0 aliphatic carbocycles. The molecule has 1 aromatic heterocycles. The van der Waals surface area contributed by atoms with E-state index in [4.69, 9.17) is 4.52 Å². The zero-order chi connectivity index (χ0) is 20.5. The van der Waals surface area contributed by atoms with Crippen molar-refractivity contribution in [2.45, 2.75) is 27.2 Å². The third kappa shape index (κ3) is 3.89. The lowest BCUT2D eigenvalue weighted by Crippen LogP contribution is -2.28. The highest BCUT2D eigenvalue weighted by atomic mass is 16.5. The molecule has 1 N–H and O–H groups in total. The zero-order valence-corrected chi connectivity index (χ0v) is 16.6. The summed E-state index contributed by atoms with van der Waals surface area (Å²) in [6.45, 7) is 5.99. The Morgan fingerprint density at radius 2 is 2.00 bits per heavy atom. The number of amides is 2. The van der Waals surface area contributed by atoms with Gasteiger partial charge in [0.05, 0.1) is 5.92 Å². The molecule has 0 saturated carbocycles. The van der Waals surface area contributed by atoms with Crippen LogP contribution < -0.4 is 10.2 Å². The van der Waals surface area contributed by atoms with Crippen molar-refractivity contribution >= 4 is 23.2 Å². The van der Waals surface area contributed by atoms with Crippen LogP contribution in [0.1, 0.15) is 23.4 Å². The van der Waals surface area contributed by atoms with E-state index < -0.39 is 5.92 Å². The smallest absolute Gasteiger partial charge is 0.229 e. The van der Waals surface area contributed by atoms with Gasteiger partial charge in [0.25, 0.3) is 0 Å². The summed E-state index contributed by atoms with van der Waals surface area (Å²) >= 11 is 0. The number of rotatable bonds is 4. The summed E-state index contributed by atoms with van der Waals surface area (Å²) in [6.07, 6.45) is 0.183. The fourth-order valence-electron chi connectivity index (χ4n) is 3.47. The lowest BCUT2D eigenvalue weighted by atomic mass is 10.1. The van der Waals surface area contributed by atoms with E-state index in [0.717, 1.165) is 28.1 Å². The third-order valence-corrected chi connectivity index (χ3v) is 5.09. The van der Waals surface area contributed by atoms with Crippen LogP contribution in [0, 0.1) is 26.7 Å². The summed E-state index contributed by atoms with van der Waals surface area (Å²) < 4.78 is 5.03. The molecule has 148 valence electrons. The van der Waals surface area contributed by atoms with E-state index in [1.165, 1.54) is 0 Å². The van der Waals surface area contributed by atoms with Crippen molar-refractivity contribution in [1.29, 1.82) is 0 Å². The number of benzene rings is 2. The maximum Gasteiger partial charge on any atom is 0.229 e. The molecule has 1 aliphatic rings. The van der Waals surface area contributed by atoms with Crippen molar-refractivity contribution in [3.63, 3.8) is 0 Å². The molecule has 0 bridgehead atoms. The molecule has 0 unspecified atom stereocenters. The Bertz CT molecular complexity index is 1090. The Labute approximate surface area is 168 Å². The first-order chi connectivity index (χ1) is 13.9. The minimum Gasteiger partial charge on any atom is -0.339 e. The van der Waals surface area contributed by atoms with Crippen LogP contribution in [-0.4, -0.2) is 28.5 Å². The van der Waals surface area contributed by atoms with Gasteiger partial charge in [0.15, 0.2) is 0 Å². The average Bonchev–Trinajstić information content (AvgIpc) is 3.31. The normalized spacial score (nSPS) is 16.3. The molecule has 1 aliphatic heterocycles. The van der Waals surface area contributed by atoms with Gasteiger partial charge in [-0.05, 0) is 43.2 Å². The van der Waals surface area contributed by atoms with Gasteiger partial charge in [0, 0.05) is 36.8 Å². The van der Waals surface area contributed by atoms with Gasteiger partial charge in [0.1, 0.15) is 0 Å². The molecule has 7 nitrogen and oxygen atoms in total. The predicted molar refractivity (Wildman–Crippen MR) is 109 cm³/mol. The van der Waals surface area contributed by atoms with Gasteiger partial charge < -0.3 is 14.7 Å². The average molecular weight is 390 g/mol. The first kappa shape index (κ1) is 18.9. The van der Waals surface area contributed by atoms with E-state index >= 15 is 0 Å². The monoisotopic (exact) mass is 390 g/mol. The standard InChI is InChI=1S/C22H22N4O3/c1-13-7-8-14(2)19(9-13)24-22(28)17-11-20(27)26(12-17)18-6-4-5-16(10-18)21-23-15(3)29-25-21/h4-10,17H,11-12H2,1-3H3,(H,24,28)/t17-/m1/s1. The molecule has 3 aromatic rings. The molecule has 2 aromatic carbocycles. The molecule has 2 amide bonds. The van der Waals surface area contributed by atoms with Crippen molar-refractivity contribution in [2.24, 2.45) is 5.92 Å². The van der Waals surface area contributed by atoms with E-state index in [1.54, 1.807) is 11.8 Å². The molecule has 2 heterocycles. The molecule has 0 spiro atoms. The second-order valence-corrected chi connectivity index (χ2v) is 7.40. The number of anilines is 2. The Hall–Kier alpha value is -3.48. The quantitative estimate of drug-likeness (QED) is 0.735. The highest BCUT2D eigenvalue weighted by molar-refractivity contribution is 6.04. The van der Waals surface area contributed by atoms with Crippen LogP contribution in [0.4, 0.5) is 11.4 Å². The number of aryl methyl sites for hydroxylation is 3. The fraction of sp³-hybridized carbons (Fsp3) is 0.273. The summed E-state index contributed by atoms with van der Waals surface area (Å²) in [7, 11) is 0. The van der Waals surface area contributed by atoms with E-state index in [-0.39, 0.29) is 18.2 Å². The zero-order valence-electron chi connectivity index (χ0n) is 16.6. The van der Waals surface area contributed by atoms with E-state index in [2.05, 4.69) is 15.5 Å². The minimum absolute atomic E-state index is 0.0763. The summed E-state index contributed by atoms with van der Waals surface area (Å²) in [4.78, 5) is 31.3. The molecule has 4 rings (SSSR count). The third-order valence-electron chi connectivity index (χ3n) is 5.09. The van der Waals surface area contributed by atoms with Gasteiger partial charge >= 0.3 is 0 Å². The molecular formula is C22H22N4O3. The number of carbonyl (C=O) groups excluding carboxylic acids is 2. The van der Waals surface area contributed by atoms with Crippen LogP contribution in [0.5, 0.6) is 0 Å². The van der Waals surface area contributed by atoms with E-state index in [9.17, 15) is 9.59 Å². The van der Waals surface area contributed by atoms with Crippen LogP contribution in [-0.2, 0) is 9.59 Å². The molecule has 1 saturated heterocycles. The summed E-state index contributed by atoms with van der Waals surface area (Å²) in [6, 6.07) is 13.3. The summed E-state index contributed by atoms with van der Waals surface area (Å²) in [5, 5.41) is 6.90. The van der Waals surface area contributed by atoms with Gasteiger partial charge in [-0.3, -0.25) is 9.59 Å². The Morgan fingerprint density at radius 1 is 1.17 bits per heavy atom. The number of hydrogen-bond acceptors (Lipinski definition) is 5. The maximum atomic E-state index is 12.8. The van der Waals surface area contributed by atoms with Crippen LogP contribution in [0.2, 0.25) is 0 Å². The Balaban J connectivity index is 1.51. The van der Waals surface area contributed by atoms with Crippen LogP contribution >= 0.6 is 0 Å². The van der Waals surface area contributed by atoms with Gasteiger partial charge in [-0.1, -0.05) is 29.4 Å². The minimum atomic E-state index is -0.404. The van der Waals surface area contributed by atoms with Gasteiger partial charge in [-0.15, -0.1) is 0 Å². The molecule has 29 heavy (non-hydrogen) atoms. The van der Waals surface area contributed by atoms with Crippen molar-refractivity contribution in [3.05, 3.63) is 59.5 Å². The second-order valence-electron chi connectivity index (χ2n) is 7.40. The molecular weight excluding hydrogens is 368 g/mol. The van der Waals surface area contributed by atoms with Crippen molar-refractivity contribution in [1.82, 2.24) is 10.1 Å². The van der Waals surface area contributed by atoms with Gasteiger partial charge in [-0.25, -0.2) is 0 Å². The lowest BCUT2D eigenvalue weighted by Gasteiger charge is -2.17. The van der Waals surface area contributed by atoms with Crippen LogP contribution in [0.15, 0.2) is 47.0 Å². The maximum absolute atomic E-state index is 12.8. The predicted octanol–water partition coefficient (Wildman–Crippen LogP) is 3.65. The van der Waals surface area contributed by atoms with E-state index in [1.807, 2.05) is 56.3 Å². The fourth-order valence-corrected chi connectivity index (χ4v) is 3.47. The first-order valence-electron chi connectivity index (χ1n) is 9.50. The number of nitrogens with zero attached hydrogens (tertiary/aromatic N) is 3. The summed E-state index contributed by atoms with van der Waals surface area (Å²) in [5.74, 6) is 0.330. The van der Waals surface area contributed by atoms with Crippen LogP contribution in [0.25, 0.3) is 11.4 Å². The molecule has 7 heteroatoms. The van der Waals surface area contributed by atoms with Gasteiger partial charge in [0.2, 0.25) is 23.5 Å². The number of hydrogen-bond donors (Lipinski definition) is 1. The topological polar surface area (TPSA) is 88.3 Å². The molecule has 1 atom stereocenters. The Morgan fingerprint density at radius 3 is 2.76 bits per heavy atom. The summed E-state index contributed by atoms with van der Waals surface area (Å²) in [5.41, 5.74) is 4.33. The molecule has 1 fully saturated rings. The van der Waals surface area contributed by atoms with Gasteiger partial charge in [-0.2, -0.15) is 4.98 Å². The highest BCUT2D eigenvalue weighted by Gasteiger charge is 2.35. The molecule has 0 radical (unpaired) electrons. The highest BCUT2D eigenvalue weighted by Crippen LogP contribution is 2.29.